The predicted octanol–water partition coefficient (Wildman–Crippen LogP) is 2.61. The molecule has 0 fully saturated rings. The lowest BCUT2D eigenvalue weighted by Crippen LogP contribution is -2.13. The van der Waals surface area contributed by atoms with Crippen molar-refractivity contribution in [2.75, 3.05) is 5.32 Å². The number of benzene rings is 1. The molecule has 2 heterocycles. The molecule has 0 saturated carbocycles. The first-order valence-electron chi connectivity index (χ1n) is 6.48. The summed E-state index contributed by atoms with van der Waals surface area (Å²) in [5.41, 5.74) is 1.83. The van der Waals surface area contributed by atoms with Gasteiger partial charge in [-0.05, 0) is 0 Å². The summed E-state index contributed by atoms with van der Waals surface area (Å²) in [6, 6.07) is 9.64. The largest absolute Gasteiger partial charge is 0.317 e. The monoisotopic (exact) mass is 312 g/mol. The molecule has 3 rings (SSSR count). The Kier molecular flexibility index (Phi) is 3.80. The van der Waals surface area contributed by atoms with Crippen LogP contribution in [0.5, 0.6) is 0 Å². The minimum absolute atomic E-state index is 0.189. The Morgan fingerprint density at radius 1 is 1.32 bits per heavy atom. The summed E-state index contributed by atoms with van der Waals surface area (Å²) < 4.78 is 1.47. The molecule has 1 amide bonds. The molecule has 1 aromatic carbocycles. The number of nitrogens with one attached hydrogen (secondary N) is 1. The highest BCUT2D eigenvalue weighted by molar-refractivity contribution is 7.13. The summed E-state index contributed by atoms with van der Waals surface area (Å²) in [7, 11) is 1.68. The van der Waals surface area contributed by atoms with E-state index in [0.717, 1.165) is 10.6 Å². The standard InChI is InChI=1S/C15H12N4O2S/c1-19-7-11(12(8-20)18-19)16-14(21)13-9-22-15(17-13)10-5-3-2-4-6-10/h2-9H,1H3,(H,16,21). The molecule has 0 bridgehead atoms. The normalized spacial score (nSPS) is 10.4. The number of carbonyl (C=O) groups is 2. The number of hydrogen-bond donors (Lipinski definition) is 1. The number of carbonyl (C=O) groups excluding carboxylic acids is 2. The minimum atomic E-state index is -0.366. The van der Waals surface area contributed by atoms with Gasteiger partial charge in [-0.25, -0.2) is 4.98 Å². The number of anilines is 1. The molecule has 1 N–H and O–H groups in total. The van der Waals surface area contributed by atoms with Gasteiger partial charge in [-0.2, -0.15) is 5.10 Å². The van der Waals surface area contributed by atoms with Gasteiger partial charge in [-0.15, -0.1) is 11.3 Å². The number of aryl methyl sites for hydroxylation is 1. The number of nitrogens with zero attached hydrogens (tertiary/aromatic N) is 3. The van der Waals surface area contributed by atoms with E-state index in [1.54, 1.807) is 18.6 Å². The summed E-state index contributed by atoms with van der Waals surface area (Å²) in [6.45, 7) is 0. The number of aldehydes is 1. The van der Waals surface area contributed by atoms with Crippen LogP contribution < -0.4 is 5.32 Å². The molecule has 0 aliphatic rings. The summed E-state index contributed by atoms with van der Waals surface area (Å²) in [5.74, 6) is -0.366. The first-order chi connectivity index (χ1) is 10.7. The molecule has 0 unspecified atom stereocenters. The van der Waals surface area contributed by atoms with Crippen LogP contribution in [0.3, 0.4) is 0 Å². The van der Waals surface area contributed by atoms with Gasteiger partial charge in [0.2, 0.25) is 0 Å². The molecule has 0 aliphatic carbocycles. The van der Waals surface area contributed by atoms with Gasteiger partial charge in [-0.1, -0.05) is 30.3 Å². The van der Waals surface area contributed by atoms with Crippen LogP contribution in [-0.4, -0.2) is 27.0 Å². The van der Waals surface area contributed by atoms with Gasteiger partial charge in [-0.3, -0.25) is 14.3 Å². The van der Waals surface area contributed by atoms with E-state index in [1.807, 2.05) is 30.3 Å². The third kappa shape index (κ3) is 2.79. The van der Waals surface area contributed by atoms with E-state index in [-0.39, 0.29) is 11.6 Å². The SMILES string of the molecule is Cn1cc(NC(=O)c2csc(-c3ccccc3)n2)c(C=O)n1. The smallest absolute Gasteiger partial charge is 0.275 e. The average Bonchev–Trinajstić information content (AvgIpc) is 3.15. The molecule has 110 valence electrons. The predicted molar refractivity (Wildman–Crippen MR) is 84.1 cm³/mol. The Morgan fingerprint density at radius 3 is 2.82 bits per heavy atom. The molecule has 0 spiro atoms. The maximum absolute atomic E-state index is 12.2. The maximum atomic E-state index is 12.2. The number of amides is 1. The second-order valence-electron chi connectivity index (χ2n) is 4.58. The summed E-state index contributed by atoms with van der Waals surface area (Å²) >= 11 is 1.39. The zero-order valence-corrected chi connectivity index (χ0v) is 12.5. The van der Waals surface area contributed by atoms with E-state index < -0.39 is 0 Å². The Hall–Kier alpha value is -2.80. The highest BCUT2D eigenvalue weighted by Gasteiger charge is 2.15. The highest BCUT2D eigenvalue weighted by Crippen LogP contribution is 2.23. The first kappa shape index (κ1) is 14.2. The topological polar surface area (TPSA) is 76.9 Å². The van der Waals surface area contributed by atoms with Crippen molar-refractivity contribution in [2.45, 2.75) is 0 Å². The van der Waals surface area contributed by atoms with Crippen molar-refractivity contribution in [3.05, 3.63) is 53.3 Å². The van der Waals surface area contributed by atoms with Gasteiger partial charge in [0.05, 0.1) is 5.69 Å². The molecule has 22 heavy (non-hydrogen) atoms. The molecule has 2 aromatic heterocycles. The van der Waals surface area contributed by atoms with Crippen LogP contribution in [-0.2, 0) is 7.05 Å². The second-order valence-corrected chi connectivity index (χ2v) is 5.44. The number of hydrogen-bond acceptors (Lipinski definition) is 5. The lowest BCUT2D eigenvalue weighted by atomic mass is 10.2. The van der Waals surface area contributed by atoms with Crippen LogP contribution in [0, 0.1) is 0 Å². The van der Waals surface area contributed by atoms with Gasteiger partial charge >= 0.3 is 0 Å². The van der Waals surface area contributed by atoms with Crippen LogP contribution in [0.4, 0.5) is 5.69 Å². The molecule has 7 heteroatoms. The maximum Gasteiger partial charge on any atom is 0.275 e. The van der Waals surface area contributed by atoms with E-state index in [9.17, 15) is 9.59 Å². The zero-order valence-electron chi connectivity index (χ0n) is 11.7. The third-order valence-electron chi connectivity index (χ3n) is 2.97. The van der Waals surface area contributed by atoms with Crippen LogP contribution in [0.1, 0.15) is 21.0 Å². The Bertz CT molecular complexity index is 823. The van der Waals surface area contributed by atoms with Crippen molar-refractivity contribution in [1.29, 1.82) is 0 Å². The Morgan fingerprint density at radius 2 is 2.09 bits per heavy atom. The van der Waals surface area contributed by atoms with Gasteiger partial charge in [0.15, 0.2) is 6.29 Å². The zero-order chi connectivity index (χ0) is 15.5. The molecular formula is C15H12N4O2S. The lowest BCUT2D eigenvalue weighted by molar-refractivity contribution is 0.102. The molecule has 0 saturated heterocycles. The molecule has 0 atom stereocenters. The van der Waals surface area contributed by atoms with Crippen LogP contribution in [0.25, 0.3) is 10.6 Å². The van der Waals surface area contributed by atoms with Gasteiger partial charge < -0.3 is 5.32 Å². The summed E-state index contributed by atoms with van der Waals surface area (Å²) in [5, 5.41) is 9.06. The van der Waals surface area contributed by atoms with Crippen molar-refractivity contribution in [1.82, 2.24) is 14.8 Å². The lowest BCUT2D eigenvalue weighted by Gasteiger charge is -1.99. The van der Waals surface area contributed by atoms with Crippen LogP contribution in [0.2, 0.25) is 0 Å². The van der Waals surface area contributed by atoms with Crippen molar-refractivity contribution < 1.29 is 9.59 Å². The van der Waals surface area contributed by atoms with Crippen molar-refractivity contribution in [3.63, 3.8) is 0 Å². The fourth-order valence-electron chi connectivity index (χ4n) is 1.97. The van der Waals surface area contributed by atoms with E-state index >= 15 is 0 Å². The van der Waals surface area contributed by atoms with E-state index in [4.69, 9.17) is 0 Å². The average molecular weight is 312 g/mol. The Balaban J connectivity index is 1.81. The third-order valence-corrected chi connectivity index (χ3v) is 3.87. The molecule has 3 aromatic rings. The fourth-order valence-corrected chi connectivity index (χ4v) is 2.77. The highest BCUT2D eigenvalue weighted by atomic mass is 32.1. The van der Waals surface area contributed by atoms with Gasteiger partial charge in [0, 0.05) is 24.2 Å². The fraction of sp³-hybridized carbons (Fsp3) is 0.0667. The molecule has 0 radical (unpaired) electrons. The van der Waals surface area contributed by atoms with E-state index in [2.05, 4.69) is 15.4 Å². The van der Waals surface area contributed by atoms with Crippen molar-refractivity contribution >= 4 is 29.2 Å². The van der Waals surface area contributed by atoms with Gasteiger partial charge in [0.1, 0.15) is 16.4 Å². The van der Waals surface area contributed by atoms with E-state index in [1.165, 1.54) is 16.0 Å². The van der Waals surface area contributed by atoms with Crippen LogP contribution >= 0.6 is 11.3 Å². The molecule has 6 nitrogen and oxygen atoms in total. The van der Waals surface area contributed by atoms with E-state index in [0.29, 0.717) is 17.7 Å². The number of aromatic nitrogens is 3. The summed E-state index contributed by atoms with van der Waals surface area (Å²) in [6.07, 6.45) is 2.18. The molecular weight excluding hydrogens is 300 g/mol. The first-order valence-corrected chi connectivity index (χ1v) is 7.36. The summed E-state index contributed by atoms with van der Waals surface area (Å²) in [4.78, 5) is 27.5. The van der Waals surface area contributed by atoms with Gasteiger partial charge in [0.25, 0.3) is 5.91 Å². The van der Waals surface area contributed by atoms with Crippen molar-refractivity contribution in [2.24, 2.45) is 7.05 Å². The second kappa shape index (κ2) is 5.90. The number of thiazole rings is 1. The van der Waals surface area contributed by atoms with Crippen molar-refractivity contribution in [3.8, 4) is 10.6 Å². The molecule has 0 aliphatic heterocycles. The number of rotatable bonds is 4. The van der Waals surface area contributed by atoms with Crippen LogP contribution in [0.15, 0.2) is 41.9 Å². The minimum Gasteiger partial charge on any atom is -0.317 e. The Labute approximate surface area is 130 Å². The quantitative estimate of drug-likeness (QED) is 0.751.